The molecule has 1 heterocycles. The van der Waals surface area contributed by atoms with Crippen molar-refractivity contribution in [2.75, 3.05) is 19.8 Å². The zero-order valence-corrected chi connectivity index (χ0v) is 13.0. The Balaban J connectivity index is 2.06. The number of nitrogens with zero attached hydrogens (tertiary/aromatic N) is 1. The van der Waals surface area contributed by atoms with Gasteiger partial charge in [0.1, 0.15) is 12.6 Å². The molecule has 2 rings (SSSR count). The Morgan fingerprint density at radius 3 is 2.73 bits per heavy atom. The first-order valence-electron chi connectivity index (χ1n) is 7.34. The summed E-state index contributed by atoms with van der Waals surface area (Å²) in [5.41, 5.74) is 6.35. The number of carbonyl (C=O) groups excluding carboxylic acids is 2. The SMILES string of the molecule is CC(C)(N)CNC(=O)[C@H]1COCC(=O)N1Cc1ccccc1. The Labute approximate surface area is 130 Å². The van der Waals surface area contributed by atoms with Gasteiger partial charge in [0, 0.05) is 18.6 Å². The normalized spacial score (nSPS) is 19.1. The van der Waals surface area contributed by atoms with Crippen molar-refractivity contribution in [2.24, 2.45) is 5.73 Å². The highest BCUT2D eigenvalue weighted by atomic mass is 16.5. The maximum absolute atomic E-state index is 12.4. The number of morpholine rings is 1. The van der Waals surface area contributed by atoms with Crippen LogP contribution in [0.25, 0.3) is 0 Å². The van der Waals surface area contributed by atoms with Crippen LogP contribution in [0, 0.1) is 0 Å². The fourth-order valence-corrected chi connectivity index (χ4v) is 2.23. The van der Waals surface area contributed by atoms with E-state index in [1.54, 1.807) is 4.90 Å². The summed E-state index contributed by atoms with van der Waals surface area (Å²) in [6.07, 6.45) is 0. The topological polar surface area (TPSA) is 84.7 Å². The lowest BCUT2D eigenvalue weighted by molar-refractivity contribution is -0.155. The van der Waals surface area contributed by atoms with Gasteiger partial charge >= 0.3 is 0 Å². The van der Waals surface area contributed by atoms with Gasteiger partial charge in [-0.05, 0) is 19.4 Å². The number of rotatable bonds is 5. The average Bonchev–Trinajstić information content (AvgIpc) is 2.47. The van der Waals surface area contributed by atoms with Crippen molar-refractivity contribution in [1.29, 1.82) is 0 Å². The Morgan fingerprint density at radius 2 is 2.09 bits per heavy atom. The third-order valence-electron chi connectivity index (χ3n) is 3.41. The summed E-state index contributed by atoms with van der Waals surface area (Å²) in [5.74, 6) is -0.412. The summed E-state index contributed by atoms with van der Waals surface area (Å²) < 4.78 is 5.23. The van der Waals surface area contributed by atoms with Gasteiger partial charge in [-0.2, -0.15) is 0 Å². The molecule has 1 fully saturated rings. The number of amides is 2. The summed E-state index contributed by atoms with van der Waals surface area (Å²) in [7, 11) is 0. The second-order valence-corrected chi connectivity index (χ2v) is 6.24. The summed E-state index contributed by atoms with van der Waals surface area (Å²) in [5, 5.41) is 2.79. The van der Waals surface area contributed by atoms with Gasteiger partial charge in [0.25, 0.3) is 0 Å². The summed E-state index contributed by atoms with van der Waals surface area (Å²) in [6.45, 7) is 4.62. The minimum Gasteiger partial charge on any atom is -0.369 e. The second kappa shape index (κ2) is 6.89. The lowest BCUT2D eigenvalue weighted by atomic mass is 10.1. The number of benzene rings is 1. The fraction of sp³-hybridized carbons (Fsp3) is 0.500. The van der Waals surface area contributed by atoms with E-state index in [1.807, 2.05) is 44.2 Å². The number of nitrogens with two attached hydrogens (primary N) is 1. The number of nitrogens with one attached hydrogen (secondary N) is 1. The monoisotopic (exact) mass is 305 g/mol. The van der Waals surface area contributed by atoms with Crippen molar-refractivity contribution < 1.29 is 14.3 Å². The molecule has 22 heavy (non-hydrogen) atoms. The molecule has 1 aromatic carbocycles. The number of hydrogen-bond donors (Lipinski definition) is 2. The Bertz CT molecular complexity index is 525. The predicted molar refractivity (Wildman–Crippen MR) is 82.9 cm³/mol. The number of carbonyl (C=O) groups is 2. The van der Waals surface area contributed by atoms with Crippen LogP contribution in [0.2, 0.25) is 0 Å². The first-order chi connectivity index (χ1) is 10.4. The van der Waals surface area contributed by atoms with Crippen LogP contribution in [0.3, 0.4) is 0 Å². The molecule has 0 spiro atoms. The van der Waals surface area contributed by atoms with Gasteiger partial charge in [-0.15, -0.1) is 0 Å². The van der Waals surface area contributed by atoms with Gasteiger partial charge in [0.05, 0.1) is 6.61 Å². The van der Waals surface area contributed by atoms with Crippen molar-refractivity contribution in [3.8, 4) is 0 Å². The molecule has 0 aromatic heterocycles. The summed E-state index contributed by atoms with van der Waals surface area (Å²) in [6, 6.07) is 8.97. The maximum Gasteiger partial charge on any atom is 0.249 e. The van der Waals surface area contributed by atoms with Crippen molar-refractivity contribution in [3.05, 3.63) is 35.9 Å². The largest absolute Gasteiger partial charge is 0.369 e. The molecule has 1 atom stereocenters. The molecule has 3 N–H and O–H groups in total. The molecule has 0 aliphatic carbocycles. The van der Waals surface area contributed by atoms with Crippen LogP contribution in [0.4, 0.5) is 0 Å². The van der Waals surface area contributed by atoms with E-state index in [0.29, 0.717) is 13.1 Å². The molecule has 1 saturated heterocycles. The van der Waals surface area contributed by atoms with E-state index in [1.165, 1.54) is 0 Å². The predicted octanol–water partition coefficient (Wildman–Crippen LogP) is 0.268. The summed E-state index contributed by atoms with van der Waals surface area (Å²) in [4.78, 5) is 26.0. The van der Waals surface area contributed by atoms with Gasteiger partial charge in [-0.3, -0.25) is 9.59 Å². The summed E-state index contributed by atoms with van der Waals surface area (Å²) >= 11 is 0. The standard InChI is InChI=1S/C16H23N3O3/c1-16(2,17)11-18-15(21)13-9-22-10-14(20)19(13)8-12-6-4-3-5-7-12/h3-7,13H,8-11,17H2,1-2H3,(H,18,21)/t13-/m1/s1. The lowest BCUT2D eigenvalue weighted by Gasteiger charge is -2.35. The molecule has 1 aromatic rings. The van der Waals surface area contributed by atoms with Crippen molar-refractivity contribution in [3.63, 3.8) is 0 Å². The highest BCUT2D eigenvalue weighted by Crippen LogP contribution is 2.14. The van der Waals surface area contributed by atoms with E-state index in [4.69, 9.17) is 10.5 Å². The van der Waals surface area contributed by atoms with Crippen LogP contribution in [0.15, 0.2) is 30.3 Å². The van der Waals surface area contributed by atoms with Gasteiger partial charge < -0.3 is 20.7 Å². The van der Waals surface area contributed by atoms with Crippen LogP contribution in [0.5, 0.6) is 0 Å². The van der Waals surface area contributed by atoms with E-state index in [2.05, 4.69) is 5.32 Å². The molecule has 6 heteroatoms. The van der Waals surface area contributed by atoms with Crippen molar-refractivity contribution >= 4 is 11.8 Å². The van der Waals surface area contributed by atoms with E-state index in [9.17, 15) is 9.59 Å². The Morgan fingerprint density at radius 1 is 1.41 bits per heavy atom. The molecule has 2 amide bonds. The van der Waals surface area contributed by atoms with E-state index < -0.39 is 11.6 Å². The first kappa shape index (κ1) is 16.5. The van der Waals surface area contributed by atoms with Gasteiger partial charge in [0.2, 0.25) is 11.8 Å². The molecular formula is C16H23N3O3. The zero-order chi connectivity index (χ0) is 16.2. The Kier molecular flexibility index (Phi) is 5.15. The number of hydrogen-bond acceptors (Lipinski definition) is 4. The van der Waals surface area contributed by atoms with Crippen molar-refractivity contribution in [1.82, 2.24) is 10.2 Å². The fourth-order valence-electron chi connectivity index (χ4n) is 2.23. The quantitative estimate of drug-likeness (QED) is 0.817. The van der Waals surface area contributed by atoms with E-state index in [0.717, 1.165) is 5.56 Å². The van der Waals surface area contributed by atoms with E-state index >= 15 is 0 Å². The van der Waals surface area contributed by atoms with Crippen LogP contribution >= 0.6 is 0 Å². The first-order valence-corrected chi connectivity index (χ1v) is 7.34. The minimum atomic E-state index is -0.621. The molecule has 0 radical (unpaired) electrons. The molecule has 120 valence electrons. The van der Waals surface area contributed by atoms with Gasteiger partial charge in [-0.25, -0.2) is 0 Å². The third kappa shape index (κ3) is 4.54. The third-order valence-corrected chi connectivity index (χ3v) is 3.41. The van der Waals surface area contributed by atoms with Crippen molar-refractivity contribution in [2.45, 2.75) is 32.0 Å². The second-order valence-electron chi connectivity index (χ2n) is 6.24. The molecule has 1 aliphatic rings. The molecule has 6 nitrogen and oxygen atoms in total. The zero-order valence-electron chi connectivity index (χ0n) is 13.0. The Hall–Kier alpha value is -1.92. The molecular weight excluding hydrogens is 282 g/mol. The minimum absolute atomic E-state index is 0.0129. The number of ether oxygens (including phenoxy) is 1. The average molecular weight is 305 g/mol. The molecule has 0 bridgehead atoms. The van der Waals surface area contributed by atoms with Crippen LogP contribution in [0.1, 0.15) is 19.4 Å². The highest BCUT2D eigenvalue weighted by molar-refractivity contribution is 5.89. The van der Waals surface area contributed by atoms with Crippen LogP contribution in [-0.4, -0.2) is 48.1 Å². The van der Waals surface area contributed by atoms with Gasteiger partial charge in [0.15, 0.2) is 0 Å². The molecule has 0 saturated carbocycles. The highest BCUT2D eigenvalue weighted by Gasteiger charge is 2.34. The van der Waals surface area contributed by atoms with Crippen LogP contribution in [-0.2, 0) is 20.9 Å². The lowest BCUT2D eigenvalue weighted by Crippen LogP contribution is -2.57. The molecule has 0 unspecified atom stereocenters. The van der Waals surface area contributed by atoms with Gasteiger partial charge in [-0.1, -0.05) is 30.3 Å². The maximum atomic E-state index is 12.4. The van der Waals surface area contributed by atoms with E-state index in [-0.39, 0.29) is 25.0 Å². The smallest absolute Gasteiger partial charge is 0.249 e. The molecule has 1 aliphatic heterocycles. The van der Waals surface area contributed by atoms with Crippen LogP contribution < -0.4 is 11.1 Å².